The first kappa shape index (κ1) is 86.4. The molecule has 516 valence electrons. The maximum atomic E-state index is 12.8. The van der Waals surface area contributed by atoms with Gasteiger partial charge in [0.15, 0.2) is 6.10 Å². The van der Waals surface area contributed by atoms with Gasteiger partial charge in [-0.2, -0.15) is 0 Å². The van der Waals surface area contributed by atoms with Gasteiger partial charge in [0, 0.05) is 19.4 Å². The Hall–Kier alpha value is -4.63. The average Bonchev–Trinajstić information content (AvgIpc) is 3.74. The summed E-state index contributed by atoms with van der Waals surface area (Å²) in [4.78, 5) is 35.4. The fourth-order valence-corrected chi connectivity index (χ4v) is 10.5. The number of hydrogen-bond donors (Lipinski definition) is 2. The lowest BCUT2D eigenvalue weighted by Gasteiger charge is -2.19. The van der Waals surface area contributed by atoms with E-state index >= 15 is 0 Å². The van der Waals surface area contributed by atoms with Gasteiger partial charge in [0.25, 0.3) is 0 Å². The van der Waals surface area contributed by atoms with Gasteiger partial charge in [0.2, 0.25) is 0 Å². The Bertz CT molecular complexity index is 2100. The summed E-state index contributed by atoms with van der Waals surface area (Å²) in [5, 5.41) is 0. The molecule has 0 saturated carbocycles. The zero-order chi connectivity index (χ0) is 65.8. The van der Waals surface area contributed by atoms with Crippen LogP contribution in [0.5, 0.6) is 0 Å². The van der Waals surface area contributed by atoms with E-state index < -0.39 is 32.5 Å². The summed E-state index contributed by atoms with van der Waals surface area (Å²) in [6, 6.07) is 0. The van der Waals surface area contributed by atoms with E-state index in [1.807, 2.05) is 0 Å². The Morgan fingerprint density at radius 1 is 0.330 bits per heavy atom. The van der Waals surface area contributed by atoms with Gasteiger partial charge in [0.05, 0.1) is 13.2 Å². The van der Waals surface area contributed by atoms with Crippen molar-refractivity contribution in [2.45, 2.75) is 302 Å². The third-order valence-corrected chi connectivity index (χ3v) is 16.1. The zero-order valence-electron chi connectivity index (χ0n) is 58.0. The quantitative estimate of drug-likeness (QED) is 0.0264. The molecule has 91 heavy (non-hydrogen) atoms. The van der Waals surface area contributed by atoms with Crippen LogP contribution in [0.15, 0.2) is 170 Å². The molecular formula is C81H134NO8P. The maximum Gasteiger partial charge on any atom is 0.472 e. The van der Waals surface area contributed by atoms with Crippen molar-refractivity contribution in [3.05, 3.63) is 170 Å². The number of nitrogens with two attached hydrogens (primary N) is 1. The molecule has 0 aromatic rings. The lowest BCUT2D eigenvalue weighted by molar-refractivity contribution is -0.161. The molecule has 10 heteroatoms. The predicted octanol–water partition coefficient (Wildman–Crippen LogP) is 24.5. The van der Waals surface area contributed by atoms with Crippen molar-refractivity contribution in [3.63, 3.8) is 0 Å². The summed E-state index contributed by atoms with van der Waals surface area (Å²) in [5.41, 5.74) is 5.40. The highest BCUT2D eigenvalue weighted by molar-refractivity contribution is 7.47. The van der Waals surface area contributed by atoms with E-state index in [0.717, 1.165) is 122 Å². The van der Waals surface area contributed by atoms with E-state index in [-0.39, 0.29) is 32.6 Å². The van der Waals surface area contributed by atoms with Crippen molar-refractivity contribution in [1.29, 1.82) is 0 Å². The SMILES string of the molecule is CC/C=C\C/C=C\C/C=C\C/C=C\C/C=C\C/C=C\C/C=C\C/C=C\C/C=C\C/C=C\CCCCC(=O)OC(COC(=O)CCCCCCCCCCCCCCCCCCCCCCCCCC/C=C\C/C=C\C/C=C\C/C=C\CC)COP(=O)(O)OCCN. The first-order chi connectivity index (χ1) is 44.8. The Labute approximate surface area is 559 Å². The van der Waals surface area contributed by atoms with Crippen molar-refractivity contribution < 1.29 is 37.6 Å². The van der Waals surface area contributed by atoms with Gasteiger partial charge in [-0.3, -0.25) is 18.6 Å². The van der Waals surface area contributed by atoms with Crippen LogP contribution in [0.3, 0.4) is 0 Å². The average molecular weight is 1280 g/mol. The minimum absolute atomic E-state index is 0.0389. The molecule has 0 aliphatic rings. The first-order valence-corrected chi connectivity index (χ1v) is 38.1. The van der Waals surface area contributed by atoms with Crippen molar-refractivity contribution >= 4 is 19.8 Å². The van der Waals surface area contributed by atoms with Crippen LogP contribution in [-0.4, -0.2) is 49.3 Å². The topological polar surface area (TPSA) is 134 Å². The summed E-state index contributed by atoms with van der Waals surface area (Å²) in [6.45, 7) is 3.47. The van der Waals surface area contributed by atoms with Crippen LogP contribution < -0.4 is 5.73 Å². The monoisotopic (exact) mass is 1280 g/mol. The van der Waals surface area contributed by atoms with Gasteiger partial charge in [-0.05, 0) is 128 Å². The number of esters is 2. The maximum absolute atomic E-state index is 12.8. The molecule has 0 spiro atoms. The van der Waals surface area contributed by atoms with E-state index in [1.54, 1.807) is 0 Å². The molecule has 0 aliphatic carbocycles. The fourth-order valence-electron chi connectivity index (χ4n) is 9.78. The van der Waals surface area contributed by atoms with Gasteiger partial charge in [-0.25, -0.2) is 4.57 Å². The molecule has 0 aromatic carbocycles. The number of ether oxygens (including phenoxy) is 2. The molecule has 0 bridgehead atoms. The van der Waals surface area contributed by atoms with Crippen molar-refractivity contribution in [2.75, 3.05) is 26.4 Å². The summed E-state index contributed by atoms with van der Waals surface area (Å²) in [7, 11) is -4.42. The second-order valence-corrected chi connectivity index (χ2v) is 25.1. The number of rotatable bonds is 67. The van der Waals surface area contributed by atoms with E-state index in [2.05, 4.69) is 184 Å². The van der Waals surface area contributed by atoms with Crippen molar-refractivity contribution in [3.8, 4) is 0 Å². The first-order valence-electron chi connectivity index (χ1n) is 36.6. The van der Waals surface area contributed by atoms with E-state index in [0.29, 0.717) is 6.42 Å². The zero-order valence-corrected chi connectivity index (χ0v) is 58.9. The molecule has 0 amide bonds. The predicted molar refractivity (Wildman–Crippen MR) is 394 cm³/mol. The Morgan fingerprint density at radius 3 is 0.868 bits per heavy atom. The molecule has 0 fully saturated rings. The van der Waals surface area contributed by atoms with Crippen LogP contribution in [0.4, 0.5) is 0 Å². The highest BCUT2D eigenvalue weighted by Gasteiger charge is 2.26. The highest BCUT2D eigenvalue weighted by Crippen LogP contribution is 2.43. The molecule has 0 rings (SSSR count). The third kappa shape index (κ3) is 74.3. The van der Waals surface area contributed by atoms with Gasteiger partial charge < -0.3 is 20.1 Å². The van der Waals surface area contributed by atoms with E-state index in [1.165, 1.54) is 141 Å². The molecule has 0 radical (unpaired) electrons. The molecule has 0 aromatic heterocycles. The van der Waals surface area contributed by atoms with Gasteiger partial charge in [-0.1, -0.05) is 325 Å². The normalized spacial score (nSPS) is 13.9. The number of carbonyl (C=O) groups excluding carboxylic acids is 2. The number of phosphoric ester groups is 1. The smallest absolute Gasteiger partial charge is 0.462 e. The Morgan fingerprint density at radius 2 is 0.571 bits per heavy atom. The molecule has 0 aliphatic heterocycles. The minimum Gasteiger partial charge on any atom is -0.462 e. The van der Waals surface area contributed by atoms with Crippen molar-refractivity contribution in [1.82, 2.24) is 0 Å². The lowest BCUT2D eigenvalue weighted by Crippen LogP contribution is -2.29. The second kappa shape index (κ2) is 74.4. The highest BCUT2D eigenvalue weighted by atomic mass is 31.2. The molecule has 2 unspecified atom stereocenters. The number of phosphoric acid groups is 1. The summed E-state index contributed by atoms with van der Waals surface area (Å²) >= 11 is 0. The van der Waals surface area contributed by atoms with E-state index in [9.17, 15) is 19.0 Å². The number of allylic oxidation sites excluding steroid dienone is 28. The standard InChI is InChI=1S/C81H134NO8P/c1-3-5-7-9-11-13-15-17-19-21-23-25-27-29-31-33-35-37-38-39-40-42-43-45-47-49-51-53-55-57-59-61-63-65-67-69-71-73-80(83)87-77-79(78-89-91(85,86)88-76-75-82)90-81(84)74-72-70-68-66-64-62-60-58-56-54-52-50-48-46-44-41-36-34-32-30-28-26-24-22-20-18-16-14-12-10-8-6-4-2/h5-8,11-14,17-20,23-26,30,32,36,41,46,48,52,54,58,60,64,66,79H,3-4,9-10,15-16,21-22,27-29,31,33-35,37-40,42-45,47,49-51,53,55-57,59,61-63,65,67-78,82H2,1-2H3,(H,85,86)/b7-5-,8-6-,13-11-,14-12-,19-17-,20-18-,25-23-,26-24-,32-30-,41-36-,48-46-,54-52-,60-58-,66-64-. The molecule has 9 nitrogen and oxygen atoms in total. The molecule has 3 N–H and O–H groups in total. The molecule has 0 saturated heterocycles. The second-order valence-electron chi connectivity index (χ2n) is 23.7. The van der Waals surface area contributed by atoms with Gasteiger partial charge >= 0.3 is 19.8 Å². The van der Waals surface area contributed by atoms with Crippen LogP contribution >= 0.6 is 7.82 Å². The van der Waals surface area contributed by atoms with Crippen molar-refractivity contribution in [2.24, 2.45) is 5.73 Å². The Balaban J connectivity index is 3.95. The summed E-state index contributed by atoms with van der Waals surface area (Å²) in [5.74, 6) is -0.881. The minimum atomic E-state index is -4.42. The number of carbonyl (C=O) groups is 2. The largest absolute Gasteiger partial charge is 0.472 e. The van der Waals surface area contributed by atoms with Crippen LogP contribution in [0, 0.1) is 0 Å². The molecular weight excluding hydrogens is 1150 g/mol. The molecule has 2 atom stereocenters. The van der Waals surface area contributed by atoms with Crippen LogP contribution in [0.2, 0.25) is 0 Å². The van der Waals surface area contributed by atoms with Crippen LogP contribution in [0.1, 0.15) is 296 Å². The molecule has 0 heterocycles. The van der Waals surface area contributed by atoms with Crippen LogP contribution in [0.25, 0.3) is 0 Å². The van der Waals surface area contributed by atoms with Gasteiger partial charge in [-0.15, -0.1) is 0 Å². The third-order valence-electron chi connectivity index (χ3n) is 15.1. The Kier molecular flexibility index (Phi) is 70.6. The van der Waals surface area contributed by atoms with Gasteiger partial charge in [0.1, 0.15) is 6.61 Å². The van der Waals surface area contributed by atoms with E-state index in [4.69, 9.17) is 24.3 Å². The van der Waals surface area contributed by atoms with Crippen LogP contribution in [-0.2, 0) is 32.7 Å². The summed E-state index contributed by atoms with van der Waals surface area (Å²) < 4.78 is 33.1. The number of hydrogen-bond acceptors (Lipinski definition) is 8. The summed E-state index contributed by atoms with van der Waals surface area (Å²) in [6.07, 6.45) is 110. The lowest BCUT2D eigenvalue weighted by atomic mass is 10.0. The fraction of sp³-hybridized carbons (Fsp3) is 0.630. The number of unbranched alkanes of at least 4 members (excludes halogenated alkanes) is 26.